The molecule has 0 saturated carbocycles. The van der Waals surface area contributed by atoms with Crippen molar-refractivity contribution < 1.29 is 27.1 Å². The van der Waals surface area contributed by atoms with E-state index in [9.17, 15) is 22.4 Å². The fourth-order valence-corrected chi connectivity index (χ4v) is 4.65. The van der Waals surface area contributed by atoms with E-state index < -0.39 is 24.9 Å². The van der Waals surface area contributed by atoms with Gasteiger partial charge in [-0.3, -0.25) is 4.79 Å². The van der Waals surface area contributed by atoms with Gasteiger partial charge < -0.3 is 30.2 Å². The second-order valence-electron chi connectivity index (χ2n) is 9.48. The lowest BCUT2D eigenvalue weighted by molar-refractivity contribution is -0.139. The smallest absolute Gasteiger partial charge is 0.406 e. The summed E-state index contributed by atoms with van der Waals surface area (Å²) in [6.07, 6.45) is -3.55. The SMILES string of the molecule is CNC(=O)c1ccc(NCC#Cc2cc(N[C@H]3CCN(C)C[C@@H]3F)c3ccn(CC(F)(F)F)c3c2)c(OC)c1. The number of halogens is 4. The monoisotopic (exact) mass is 545 g/mol. The molecule has 2 aromatic carbocycles. The van der Waals surface area contributed by atoms with Gasteiger partial charge in [-0.1, -0.05) is 11.8 Å². The Morgan fingerprint density at radius 2 is 1.97 bits per heavy atom. The van der Waals surface area contributed by atoms with Gasteiger partial charge in [0, 0.05) is 48.5 Å². The number of anilines is 2. The number of fused-ring (bicyclic) bond motifs is 1. The van der Waals surface area contributed by atoms with Crippen LogP contribution in [-0.2, 0) is 6.54 Å². The molecule has 1 aliphatic heterocycles. The van der Waals surface area contributed by atoms with Gasteiger partial charge in [-0.15, -0.1) is 0 Å². The van der Waals surface area contributed by atoms with E-state index in [2.05, 4.69) is 27.8 Å². The third-order valence-corrected chi connectivity index (χ3v) is 6.61. The number of likely N-dealkylation sites (tertiary alicyclic amines) is 1. The minimum Gasteiger partial charge on any atom is -0.495 e. The highest BCUT2D eigenvalue weighted by Gasteiger charge is 2.30. The van der Waals surface area contributed by atoms with Crippen LogP contribution in [-0.4, -0.2) is 74.6 Å². The molecule has 1 saturated heterocycles. The molecule has 1 aromatic heterocycles. The molecule has 208 valence electrons. The average molecular weight is 546 g/mol. The normalized spacial score (nSPS) is 17.8. The molecule has 11 heteroatoms. The standard InChI is InChI=1S/C28H31F4N5O2/c1-33-27(38)19-6-7-23(26(15-19)39-3)34-10-4-5-18-13-24(35-22-9-11-36(2)16-21(22)29)20-8-12-37(25(20)14-18)17-28(30,31)32/h6-8,12-15,21-22,34-35H,9-11,16-17H2,1-3H3,(H,33,38)/t21-,22-/m0/s1. The van der Waals surface area contributed by atoms with Gasteiger partial charge in [0.05, 0.1) is 30.9 Å². The zero-order valence-corrected chi connectivity index (χ0v) is 22.0. The molecule has 2 atom stereocenters. The Morgan fingerprint density at radius 1 is 1.18 bits per heavy atom. The lowest BCUT2D eigenvalue weighted by Crippen LogP contribution is -2.46. The predicted molar refractivity (Wildman–Crippen MR) is 144 cm³/mol. The van der Waals surface area contributed by atoms with Gasteiger partial charge in [0.1, 0.15) is 18.5 Å². The number of piperidine rings is 1. The van der Waals surface area contributed by atoms with Gasteiger partial charge in [-0.25, -0.2) is 4.39 Å². The molecule has 4 rings (SSSR count). The van der Waals surface area contributed by atoms with Gasteiger partial charge in [0.25, 0.3) is 5.91 Å². The first-order chi connectivity index (χ1) is 18.6. The van der Waals surface area contributed by atoms with Crippen molar-refractivity contribution in [2.45, 2.75) is 31.4 Å². The van der Waals surface area contributed by atoms with Crippen LogP contribution >= 0.6 is 0 Å². The van der Waals surface area contributed by atoms with Crippen molar-refractivity contribution in [2.75, 3.05) is 51.5 Å². The Morgan fingerprint density at radius 3 is 2.67 bits per heavy atom. The highest BCUT2D eigenvalue weighted by atomic mass is 19.4. The molecule has 1 amide bonds. The van der Waals surface area contributed by atoms with Crippen LogP contribution in [0.5, 0.6) is 5.75 Å². The summed E-state index contributed by atoms with van der Waals surface area (Å²) in [5.41, 5.74) is 2.49. The highest BCUT2D eigenvalue weighted by Crippen LogP contribution is 2.31. The average Bonchev–Trinajstić information content (AvgIpc) is 3.29. The molecule has 3 N–H and O–H groups in total. The van der Waals surface area contributed by atoms with Crippen LogP contribution in [0, 0.1) is 11.8 Å². The number of alkyl halides is 4. The largest absolute Gasteiger partial charge is 0.495 e. The summed E-state index contributed by atoms with van der Waals surface area (Å²) in [6, 6.07) is 9.48. The zero-order chi connectivity index (χ0) is 28.2. The van der Waals surface area contributed by atoms with E-state index in [0.29, 0.717) is 45.6 Å². The zero-order valence-electron chi connectivity index (χ0n) is 22.0. The van der Waals surface area contributed by atoms with Crippen molar-refractivity contribution in [3.63, 3.8) is 0 Å². The number of hydrogen-bond acceptors (Lipinski definition) is 5. The van der Waals surface area contributed by atoms with E-state index in [1.54, 1.807) is 43.4 Å². The maximum absolute atomic E-state index is 14.7. The lowest BCUT2D eigenvalue weighted by atomic mass is 10.0. The molecule has 0 unspecified atom stereocenters. The number of rotatable bonds is 7. The van der Waals surface area contributed by atoms with E-state index >= 15 is 0 Å². The lowest BCUT2D eigenvalue weighted by Gasteiger charge is -2.33. The molecule has 7 nitrogen and oxygen atoms in total. The second-order valence-corrected chi connectivity index (χ2v) is 9.48. The summed E-state index contributed by atoms with van der Waals surface area (Å²) in [6.45, 7) is 0.0748. The number of methoxy groups -OCH3 is 1. The van der Waals surface area contributed by atoms with Crippen LogP contribution in [0.1, 0.15) is 22.3 Å². The van der Waals surface area contributed by atoms with Gasteiger partial charge in [0.15, 0.2) is 0 Å². The number of benzene rings is 2. The fourth-order valence-electron chi connectivity index (χ4n) is 4.65. The number of hydrogen-bond donors (Lipinski definition) is 3. The second kappa shape index (κ2) is 11.9. The molecule has 0 aliphatic carbocycles. The first-order valence-electron chi connectivity index (χ1n) is 12.5. The first kappa shape index (κ1) is 28.1. The Bertz CT molecular complexity index is 1390. The molecule has 0 spiro atoms. The van der Waals surface area contributed by atoms with E-state index in [-0.39, 0.29) is 19.0 Å². The van der Waals surface area contributed by atoms with Gasteiger partial charge in [-0.05, 0) is 49.9 Å². The summed E-state index contributed by atoms with van der Waals surface area (Å²) in [4.78, 5) is 13.8. The summed E-state index contributed by atoms with van der Waals surface area (Å²) in [5, 5.41) is 9.50. The van der Waals surface area contributed by atoms with Gasteiger partial charge in [0.2, 0.25) is 0 Å². The minimum atomic E-state index is -4.39. The quantitative estimate of drug-likeness (QED) is 0.302. The summed E-state index contributed by atoms with van der Waals surface area (Å²) >= 11 is 0. The van der Waals surface area contributed by atoms with Crippen molar-refractivity contribution in [3.8, 4) is 17.6 Å². The Balaban J connectivity index is 1.59. The number of aromatic nitrogens is 1. The van der Waals surface area contributed by atoms with Crippen molar-refractivity contribution in [1.29, 1.82) is 0 Å². The molecular weight excluding hydrogens is 514 g/mol. The van der Waals surface area contributed by atoms with Crippen LogP contribution in [0.3, 0.4) is 0 Å². The Labute approximate surface area is 224 Å². The minimum absolute atomic E-state index is 0.210. The topological polar surface area (TPSA) is 70.6 Å². The molecule has 1 fully saturated rings. The van der Waals surface area contributed by atoms with Crippen molar-refractivity contribution in [3.05, 3.63) is 53.7 Å². The Hall–Kier alpha value is -3.91. The van der Waals surface area contributed by atoms with Gasteiger partial charge in [-0.2, -0.15) is 13.2 Å². The first-order valence-corrected chi connectivity index (χ1v) is 12.5. The molecule has 39 heavy (non-hydrogen) atoms. The van der Waals surface area contributed by atoms with Crippen LogP contribution in [0.15, 0.2) is 42.6 Å². The van der Waals surface area contributed by atoms with Gasteiger partial charge >= 0.3 is 6.18 Å². The molecule has 3 aromatic rings. The van der Waals surface area contributed by atoms with E-state index in [0.717, 1.165) is 11.1 Å². The third-order valence-electron chi connectivity index (χ3n) is 6.61. The maximum atomic E-state index is 14.7. The van der Waals surface area contributed by atoms with E-state index in [1.165, 1.54) is 13.3 Å². The fraction of sp³-hybridized carbons (Fsp3) is 0.393. The Kier molecular flexibility index (Phi) is 8.55. The third kappa shape index (κ3) is 6.95. The molecule has 2 heterocycles. The summed E-state index contributed by atoms with van der Waals surface area (Å²) in [5.74, 6) is 6.21. The number of nitrogens with one attached hydrogen (secondary N) is 3. The summed E-state index contributed by atoms with van der Waals surface area (Å²) < 4.78 is 60.9. The van der Waals surface area contributed by atoms with Crippen LogP contribution in [0.25, 0.3) is 10.9 Å². The van der Waals surface area contributed by atoms with E-state index in [4.69, 9.17) is 4.74 Å². The number of carbonyl (C=O) groups is 1. The van der Waals surface area contributed by atoms with Crippen LogP contribution < -0.4 is 20.7 Å². The number of carbonyl (C=O) groups excluding carboxylic acids is 1. The molecular formula is C28H31F4N5O2. The number of amides is 1. The van der Waals surface area contributed by atoms with Crippen molar-refractivity contribution >= 4 is 28.2 Å². The van der Waals surface area contributed by atoms with Crippen molar-refractivity contribution in [2.24, 2.45) is 0 Å². The summed E-state index contributed by atoms with van der Waals surface area (Å²) in [7, 11) is 4.89. The predicted octanol–water partition coefficient (Wildman–Crippen LogP) is 4.49. The number of nitrogens with zero attached hydrogens (tertiary/aromatic N) is 2. The number of ether oxygens (including phenoxy) is 1. The van der Waals surface area contributed by atoms with Crippen LogP contribution in [0.2, 0.25) is 0 Å². The van der Waals surface area contributed by atoms with Crippen LogP contribution in [0.4, 0.5) is 28.9 Å². The molecule has 0 radical (unpaired) electrons. The highest BCUT2D eigenvalue weighted by molar-refractivity contribution is 5.95. The maximum Gasteiger partial charge on any atom is 0.406 e. The van der Waals surface area contributed by atoms with Crippen molar-refractivity contribution in [1.82, 2.24) is 14.8 Å². The molecule has 0 bridgehead atoms. The molecule has 1 aliphatic rings. The van der Waals surface area contributed by atoms with E-state index in [1.807, 2.05) is 11.9 Å².